The van der Waals surface area contributed by atoms with Crippen molar-refractivity contribution in [2.45, 2.75) is 30.8 Å². The van der Waals surface area contributed by atoms with Gasteiger partial charge in [0, 0.05) is 12.1 Å². The lowest BCUT2D eigenvalue weighted by Gasteiger charge is -2.40. The molecule has 1 aliphatic rings. The minimum Gasteiger partial charge on any atom is -0.548 e. The number of carboxylic acid groups (broad SMARTS) is 2. The lowest BCUT2D eigenvalue weighted by atomic mass is 9.91. The third-order valence-corrected chi connectivity index (χ3v) is 4.82. The number of carbonyl (C=O) groups excluding carboxylic acids is 2. The van der Waals surface area contributed by atoms with Gasteiger partial charge in [-0.05, 0) is 30.2 Å². The number of hydrogen-bond acceptors (Lipinski definition) is 7. The molecular formula is C13H10F3NO7S-2. The van der Waals surface area contributed by atoms with Crippen molar-refractivity contribution in [3.63, 3.8) is 0 Å². The number of alkyl halides is 3. The van der Waals surface area contributed by atoms with Crippen LogP contribution in [0, 0.1) is 0 Å². The van der Waals surface area contributed by atoms with E-state index in [1.54, 1.807) is 0 Å². The molecule has 0 radical (unpaired) electrons. The number of carboxylic acids is 1. The molecule has 0 spiro atoms. The van der Waals surface area contributed by atoms with Gasteiger partial charge in [-0.15, -0.1) is 0 Å². The average molecular weight is 381 g/mol. The van der Waals surface area contributed by atoms with E-state index in [0.29, 0.717) is 4.90 Å². The maximum atomic E-state index is 12.4. The first-order valence-electron chi connectivity index (χ1n) is 6.72. The van der Waals surface area contributed by atoms with Gasteiger partial charge in [0.15, 0.2) is 0 Å². The number of hydrogen-bond donors (Lipinski definition) is 0. The van der Waals surface area contributed by atoms with Gasteiger partial charge >= 0.3 is 15.6 Å². The number of carbonyl (C=O) groups is 2. The normalized spacial score (nSPS) is 20.2. The second-order valence-corrected chi connectivity index (χ2v) is 6.76. The van der Waals surface area contributed by atoms with E-state index in [0.717, 1.165) is 18.2 Å². The highest BCUT2D eigenvalue weighted by Gasteiger charge is 2.49. The Kier molecular flexibility index (Phi) is 4.36. The summed E-state index contributed by atoms with van der Waals surface area (Å²) in [6.45, 7) is 1.38. The Hall–Kier alpha value is -2.50. The molecule has 25 heavy (non-hydrogen) atoms. The standard InChI is InChI=1S/C13H12F3NO7S/c1-2-12(10(18)19)6-7-5-8(24-25(22,23)13(14,15)16)3-4-9(7)17(12)11(20)21/h3-5H,2,6H2,1H3,(H,18,19)(H,20,21)/p-2. The zero-order chi connectivity index (χ0) is 19.2. The Morgan fingerprint density at radius 2 is 1.92 bits per heavy atom. The van der Waals surface area contributed by atoms with Crippen molar-refractivity contribution in [1.29, 1.82) is 0 Å². The van der Waals surface area contributed by atoms with Crippen LogP contribution in [0.15, 0.2) is 18.2 Å². The van der Waals surface area contributed by atoms with Crippen molar-refractivity contribution in [2.75, 3.05) is 4.90 Å². The molecule has 1 aromatic rings. The first-order valence-corrected chi connectivity index (χ1v) is 8.13. The molecule has 1 atom stereocenters. The molecule has 1 heterocycles. The molecule has 0 bridgehead atoms. The van der Waals surface area contributed by atoms with E-state index >= 15 is 0 Å². The minimum absolute atomic E-state index is 0.0369. The third-order valence-electron chi connectivity index (χ3n) is 3.84. The average Bonchev–Trinajstić information content (AvgIpc) is 2.80. The first-order chi connectivity index (χ1) is 11.4. The van der Waals surface area contributed by atoms with Crippen LogP contribution < -0.4 is 19.3 Å². The zero-order valence-electron chi connectivity index (χ0n) is 12.5. The monoisotopic (exact) mass is 381 g/mol. The molecule has 8 nitrogen and oxygen atoms in total. The van der Waals surface area contributed by atoms with Crippen LogP contribution in [-0.2, 0) is 21.3 Å². The highest BCUT2D eigenvalue weighted by Crippen LogP contribution is 2.42. The molecule has 138 valence electrons. The van der Waals surface area contributed by atoms with Crippen LogP contribution >= 0.6 is 0 Å². The molecule has 0 saturated carbocycles. The summed E-state index contributed by atoms with van der Waals surface area (Å²) in [5.74, 6) is -2.46. The second-order valence-electron chi connectivity index (χ2n) is 5.22. The van der Waals surface area contributed by atoms with Crippen molar-refractivity contribution in [1.82, 2.24) is 0 Å². The molecule has 12 heteroatoms. The highest BCUT2D eigenvalue weighted by atomic mass is 32.2. The Morgan fingerprint density at radius 3 is 2.36 bits per heavy atom. The smallest absolute Gasteiger partial charge is 0.534 e. The minimum atomic E-state index is -5.92. The molecule has 0 fully saturated rings. The molecule has 0 saturated heterocycles. The first kappa shape index (κ1) is 18.8. The third kappa shape index (κ3) is 2.97. The number of rotatable bonds is 4. The van der Waals surface area contributed by atoms with Crippen LogP contribution in [0.1, 0.15) is 18.9 Å². The maximum absolute atomic E-state index is 12.4. The van der Waals surface area contributed by atoms with Crippen LogP contribution in [0.3, 0.4) is 0 Å². The summed E-state index contributed by atoms with van der Waals surface area (Å²) in [6, 6.07) is 2.54. The largest absolute Gasteiger partial charge is 0.548 e. The molecule has 0 aromatic heterocycles. The fourth-order valence-electron chi connectivity index (χ4n) is 2.64. The maximum Gasteiger partial charge on any atom is 0.534 e. The molecule has 2 rings (SSSR count). The molecule has 1 aromatic carbocycles. The van der Waals surface area contributed by atoms with E-state index in [9.17, 15) is 41.4 Å². The number of fused-ring (bicyclic) bond motifs is 1. The molecule has 1 amide bonds. The van der Waals surface area contributed by atoms with Gasteiger partial charge in [-0.2, -0.15) is 21.6 Å². The summed E-state index contributed by atoms with van der Waals surface area (Å²) in [4.78, 5) is 23.2. The fraction of sp³-hybridized carbons (Fsp3) is 0.385. The van der Waals surface area contributed by atoms with Crippen LogP contribution in [0.2, 0.25) is 0 Å². The summed E-state index contributed by atoms with van der Waals surface area (Å²) in [5, 5.41) is 22.8. The number of benzene rings is 1. The lowest BCUT2D eigenvalue weighted by Crippen LogP contribution is -2.63. The van der Waals surface area contributed by atoms with Gasteiger partial charge in [-0.1, -0.05) is 6.92 Å². The number of amides is 1. The van der Waals surface area contributed by atoms with E-state index in [2.05, 4.69) is 4.18 Å². The summed E-state index contributed by atoms with van der Waals surface area (Å²) < 4.78 is 63.0. The SMILES string of the molecule is CCC1(C(=O)[O-])Cc2cc(OS(=O)(=O)C(F)(F)F)ccc2N1C(=O)[O-]. The van der Waals surface area contributed by atoms with Gasteiger partial charge in [0.25, 0.3) is 0 Å². The van der Waals surface area contributed by atoms with Crippen LogP contribution in [0.5, 0.6) is 5.75 Å². The lowest BCUT2D eigenvalue weighted by molar-refractivity contribution is -0.314. The van der Waals surface area contributed by atoms with Crippen molar-refractivity contribution in [3.8, 4) is 5.75 Å². The number of halogens is 3. The van der Waals surface area contributed by atoms with Crippen molar-refractivity contribution < 1.29 is 45.6 Å². The Labute approximate surface area is 139 Å². The predicted octanol–water partition coefficient (Wildman–Crippen LogP) is -0.481. The highest BCUT2D eigenvalue weighted by molar-refractivity contribution is 7.88. The van der Waals surface area contributed by atoms with Crippen molar-refractivity contribution >= 4 is 27.9 Å². The number of aliphatic carboxylic acids is 1. The van der Waals surface area contributed by atoms with Crippen molar-refractivity contribution in [3.05, 3.63) is 23.8 Å². The van der Waals surface area contributed by atoms with E-state index < -0.39 is 45.4 Å². The number of nitrogens with zero attached hydrogens (tertiary/aromatic N) is 1. The fourth-order valence-corrected chi connectivity index (χ4v) is 3.09. The van der Waals surface area contributed by atoms with Crippen LogP contribution in [0.25, 0.3) is 0 Å². The van der Waals surface area contributed by atoms with Crippen LogP contribution in [0.4, 0.5) is 23.7 Å². The van der Waals surface area contributed by atoms with Crippen molar-refractivity contribution in [2.24, 2.45) is 0 Å². The van der Waals surface area contributed by atoms with Crippen LogP contribution in [-0.4, -0.2) is 31.5 Å². The molecular weight excluding hydrogens is 371 g/mol. The van der Waals surface area contributed by atoms with E-state index in [4.69, 9.17) is 0 Å². The Morgan fingerprint density at radius 1 is 1.32 bits per heavy atom. The summed E-state index contributed by atoms with van der Waals surface area (Å²) in [6.07, 6.45) is -2.51. The van der Waals surface area contributed by atoms with Gasteiger partial charge in [0.2, 0.25) is 0 Å². The Balaban J connectivity index is 2.49. The van der Waals surface area contributed by atoms with Gasteiger partial charge in [-0.3, -0.25) is 0 Å². The summed E-state index contributed by atoms with van der Waals surface area (Å²) in [5.41, 5.74) is -7.86. The van der Waals surface area contributed by atoms with E-state index in [1.807, 2.05) is 0 Å². The Bertz CT molecular complexity index is 837. The molecule has 1 unspecified atom stereocenters. The molecule has 1 aliphatic heterocycles. The van der Waals surface area contributed by atoms with E-state index in [1.165, 1.54) is 6.92 Å². The topological polar surface area (TPSA) is 127 Å². The summed E-state index contributed by atoms with van der Waals surface area (Å²) >= 11 is 0. The molecule has 0 aliphatic carbocycles. The second kappa shape index (κ2) is 5.79. The van der Waals surface area contributed by atoms with E-state index in [-0.39, 0.29) is 17.7 Å². The zero-order valence-corrected chi connectivity index (χ0v) is 13.3. The van der Waals surface area contributed by atoms with Gasteiger partial charge in [0.1, 0.15) is 11.8 Å². The van der Waals surface area contributed by atoms with Gasteiger partial charge < -0.3 is 28.9 Å². The predicted molar refractivity (Wildman–Crippen MR) is 71.7 cm³/mol. The van der Waals surface area contributed by atoms with Gasteiger partial charge in [0.05, 0.1) is 11.5 Å². The van der Waals surface area contributed by atoms with Gasteiger partial charge in [-0.25, -0.2) is 0 Å². The quantitative estimate of drug-likeness (QED) is 0.509. The molecule has 0 N–H and O–H groups in total. The summed E-state index contributed by atoms with van der Waals surface area (Å²) in [7, 11) is -5.92. The number of anilines is 1.